The molecule has 1 N–H and O–H groups in total. The van der Waals surface area contributed by atoms with Crippen LogP contribution in [-0.4, -0.2) is 30.9 Å². The summed E-state index contributed by atoms with van der Waals surface area (Å²) in [5.41, 5.74) is 5.79. The van der Waals surface area contributed by atoms with Crippen LogP contribution in [0.15, 0.2) is 42.5 Å². The lowest BCUT2D eigenvalue weighted by Gasteiger charge is -2.26. The number of aliphatic hydroxyl groups is 1. The van der Waals surface area contributed by atoms with Crippen LogP contribution in [0.4, 0.5) is 0 Å². The van der Waals surface area contributed by atoms with Gasteiger partial charge in [0, 0.05) is 16.7 Å². The molecule has 0 radical (unpaired) electrons. The summed E-state index contributed by atoms with van der Waals surface area (Å²) in [5, 5.41) is 21.2. The molecule has 0 aliphatic heterocycles. The number of pyridine rings is 1. The highest BCUT2D eigenvalue weighted by Crippen LogP contribution is 2.50. The normalized spacial score (nSPS) is 14.6. The number of hydrogen-bond acceptors (Lipinski definition) is 6. The van der Waals surface area contributed by atoms with E-state index >= 15 is 0 Å². The highest BCUT2D eigenvalue weighted by molar-refractivity contribution is 5.50. The highest BCUT2D eigenvalue weighted by atomic mass is 16.5. The van der Waals surface area contributed by atoms with Crippen LogP contribution in [0.1, 0.15) is 64.9 Å². The second-order valence-electron chi connectivity index (χ2n) is 9.72. The van der Waals surface area contributed by atoms with Crippen molar-refractivity contribution >= 4 is 0 Å². The van der Waals surface area contributed by atoms with Crippen molar-refractivity contribution in [1.82, 2.24) is 4.98 Å². The molecule has 6 nitrogen and oxygen atoms in total. The lowest BCUT2D eigenvalue weighted by atomic mass is 9.85. The first-order valence-electron chi connectivity index (χ1n) is 12.4. The monoisotopic (exact) mass is 486 g/mol. The van der Waals surface area contributed by atoms with Crippen LogP contribution in [0.5, 0.6) is 17.4 Å². The number of aliphatic hydroxyl groups excluding tert-OH is 1. The molecule has 1 fully saturated rings. The molecule has 2 aromatic carbocycles. The third kappa shape index (κ3) is 5.32. The fourth-order valence-corrected chi connectivity index (χ4v) is 4.88. The number of rotatable bonds is 10. The van der Waals surface area contributed by atoms with Crippen LogP contribution in [0.25, 0.3) is 0 Å². The summed E-state index contributed by atoms with van der Waals surface area (Å²) < 4.78 is 17.0. The van der Waals surface area contributed by atoms with Crippen LogP contribution in [-0.2, 0) is 12.8 Å². The fraction of sp³-hybridized carbons (Fsp3) is 0.400. The SMILES string of the molecule is CCc1c(OC)nc(C)c(CC2(COc3ccc(OC)cc3)CC2)c1C(O)c1cc(C)cc(C#N)c1. The Bertz CT molecular complexity index is 1270. The van der Waals surface area contributed by atoms with Crippen LogP contribution in [0, 0.1) is 30.6 Å². The van der Waals surface area contributed by atoms with Crippen molar-refractivity contribution in [2.24, 2.45) is 5.41 Å². The average molecular weight is 487 g/mol. The number of aromatic nitrogens is 1. The van der Waals surface area contributed by atoms with E-state index in [-0.39, 0.29) is 5.41 Å². The predicted molar refractivity (Wildman–Crippen MR) is 139 cm³/mol. The van der Waals surface area contributed by atoms with Crippen molar-refractivity contribution in [3.05, 3.63) is 81.5 Å². The Hall–Kier alpha value is -3.56. The lowest BCUT2D eigenvalue weighted by Crippen LogP contribution is -2.20. The Labute approximate surface area is 213 Å². The van der Waals surface area contributed by atoms with Gasteiger partial charge in [-0.05, 0) is 98.2 Å². The number of nitriles is 1. The van der Waals surface area contributed by atoms with E-state index in [9.17, 15) is 10.4 Å². The van der Waals surface area contributed by atoms with Gasteiger partial charge in [0.2, 0.25) is 5.88 Å². The maximum absolute atomic E-state index is 11.7. The molecule has 36 heavy (non-hydrogen) atoms. The molecule has 1 saturated carbocycles. The van der Waals surface area contributed by atoms with Crippen molar-refractivity contribution in [1.29, 1.82) is 5.26 Å². The zero-order chi connectivity index (χ0) is 25.9. The van der Waals surface area contributed by atoms with Crippen molar-refractivity contribution in [3.63, 3.8) is 0 Å². The number of hydrogen-bond donors (Lipinski definition) is 1. The second kappa shape index (κ2) is 10.6. The summed E-state index contributed by atoms with van der Waals surface area (Å²) >= 11 is 0. The first-order chi connectivity index (χ1) is 17.3. The van der Waals surface area contributed by atoms with Gasteiger partial charge in [-0.25, -0.2) is 4.98 Å². The Morgan fingerprint density at radius 2 is 1.72 bits per heavy atom. The number of aryl methyl sites for hydroxylation is 2. The van der Waals surface area contributed by atoms with Crippen LogP contribution in [0.2, 0.25) is 0 Å². The average Bonchev–Trinajstić information content (AvgIpc) is 3.67. The minimum atomic E-state index is -0.893. The molecule has 4 rings (SSSR count). The van der Waals surface area contributed by atoms with Gasteiger partial charge < -0.3 is 19.3 Å². The van der Waals surface area contributed by atoms with Gasteiger partial charge in [-0.3, -0.25) is 0 Å². The molecule has 1 heterocycles. The first-order valence-corrected chi connectivity index (χ1v) is 12.4. The van der Waals surface area contributed by atoms with Gasteiger partial charge in [0.05, 0.1) is 32.5 Å². The molecule has 1 aliphatic carbocycles. The van der Waals surface area contributed by atoms with Gasteiger partial charge >= 0.3 is 0 Å². The van der Waals surface area contributed by atoms with E-state index in [1.165, 1.54) is 0 Å². The van der Waals surface area contributed by atoms with E-state index in [0.717, 1.165) is 58.7 Å². The third-order valence-electron chi connectivity index (χ3n) is 7.09. The van der Waals surface area contributed by atoms with Gasteiger partial charge in [0.25, 0.3) is 0 Å². The first kappa shape index (κ1) is 25.5. The molecule has 0 spiro atoms. The molecule has 0 amide bonds. The summed E-state index contributed by atoms with van der Waals surface area (Å²) in [5.74, 6) is 2.15. The zero-order valence-electron chi connectivity index (χ0n) is 21.7. The maximum atomic E-state index is 11.7. The Morgan fingerprint density at radius 3 is 2.31 bits per heavy atom. The number of methoxy groups -OCH3 is 2. The molecular formula is C30H34N2O4. The summed E-state index contributed by atoms with van der Waals surface area (Å²) in [6, 6.07) is 15.4. The molecule has 1 unspecified atom stereocenters. The quantitative estimate of drug-likeness (QED) is 0.400. The van der Waals surface area contributed by atoms with E-state index in [1.54, 1.807) is 20.3 Å². The van der Waals surface area contributed by atoms with Crippen LogP contribution in [0.3, 0.4) is 0 Å². The maximum Gasteiger partial charge on any atom is 0.216 e. The van der Waals surface area contributed by atoms with Gasteiger partial charge in [0.1, 0.15) is 17.6 Å². The second-order valence-corrected chi connectivity index (χ2v) is 9.72. The van der Waals surface area contributed by atoms with E-state index in [1.807, 2.05) is 57.2 Å². The third-order valence-corrected chi connectivity index (χ3v) is 7.09. The van der Waals surface area contributed by atoms with Crippen molar-refractivity contribution in [3.8, 4) is 23.4 Å². The smallest absolute Gasteiger partial charge is 0.216 e. The molecule has 6 heteroatoms. The minimum absolute atomic E-state index is 0.00907. The Balaban J connectivity index is 1.70. The van der Waals surface area contributed by atoms with E-state index in [2.05, 4.69) is 6.07 Å². The Kier molecular flexibility index (Phi) is 7.51. The Morgan fingerprint density at radius 1 is 1.03 bits per heavy atom. The predicted octanol–water partition coefficient (Wildman–Crippen LogP) is 5.63. The molecular weight excluding hydrogens is 452 g/mol. The molecule has 188 valence electrons. The van der Waals surface area contributed by atoms with Crippen LogP contribution >= 0.6 is 0 Å². The largest absolute Gasteiger partial charge is 0.497 e. The number of ether oxygens (including phenoxy) is 3. The van der Waals surface area contributed by atoms with Gasteiger partial charge in [-0.2, -0.15) is 5.26 Å². The van der Waals surface area contributed by atoms with Crippen LogP contribution < -0.4 is 14.2 Å². The standard InChI is InChI=1S/C30H34N2O4/c1-6-25-27(28(33)22-14-19(2)13-21(15-22)17-31)26(20(3)32-29(25)35-5)16-30(11-12-30)18-36-24-9-7-23(34-4)8-10-24/h7-10,13-15,28,33H,6,11-12,16,18H2,1-5H3. The van der Waals surface area contributed by atoms with E-state index < -0.39 is 6.10 Å². The van der Waals surface area contributed by atoms with Gasteiger partial charge in [-0.15, -0.1) is 0 Å². The molecule has 1 atom stereocenters. The summed E-state index contributed by atoms with van der Waals surface area (Å²) in [6.45, 7) is 6.55. The number of benzene rings is 2. The summed E-state index contributed by atoms with van der Waals surface area (Å²) in [4.78, 5) is 4.76. The fourth-order valence-electron chi connectivity index (χ4n) is 4.88. The molecule has 0 saturated heterocycles. The van der Waals surface area contributed by atoms with Gasteiger partial charge in [-0.1, -0.05) is 13.0 Å². The van der Waals surface area contributed by atoms with Crippen molar-refractivity contribution < 1.29 is 19.3 Å². The molecule has 0 bridgehead atoms. The topological polar surface area (TPSA) is 84.6 Å². The van der Waals surface area contributed by atoms with E-state index in [0.29, 0.717) is 30.0 Å². The molecule has 1 aliphatic rings. The van der Waals surface area contributed by atoms with E-state index in [4.69, 9.17) is 19.2 Å². The molecule has 3 aromatic rings. The van der Waals surface area contributed by atoms with Crippen molar-refractivity contribution in [2.45, 2.75) is 52.6 Å². The zero-order valence-corrected chi connectivity index (χ0v) is 21.7. The lowest BCUT2D eigenvalue weighted by molar-refractivity contribution is 0.211. The highest BCUT2D eigenvalue weighted by Gasteiger charge is 2.45. The van der Waals surface area contributed by atoms with Gasteiger partial charge in [0.15, 0.2) is 0 Å². The minimum Gasteiger partial charge on any atom is -0.497 e. The summed E-state index contributed by atoms with van der Waals surface area (Å²) in [6.07, 6.45) is 2.63. The molecule has 1 aromatic heterocycles. The van der Waals surface area contributed by atoms with Crippen molar-refractivity contribution in [2.75, 3.05) is 20.8 Å². The summed E-state index contributed by atoms with van der Waals surface area (Å²) in [7, 11) is 3.26. The number of nitrogens with zero attached hydrogens (tertiary/aromatic N) is 2.